The molecule has 2 unspecified atom stereocenters. The summed E-state index contributed by atoms with van der Waals surface area (Å²) in [5, 5.41) is 4.01. The zero-order valence-corrected chi connectivity index (χ0v) is 10.6. The van der Waals surface area contributed by atoms with Crippen LogP contribution in [0.4, 0.5) is 4.39 Å². The molecular formula is C13H17ClFNO. The topological polar surface area (TPSA) is 21.3 Å². The second-order valence-corrected chi connectivity index (χ2v) is 4.89. The first-order valence-corrected chi connectivity index (χ1v) is 6.27. The van der Waals surface area contributed by atoms with Gasteiger partial charge in [-0.15, -0.1) is 0 Å². The van der Waals surface area contributed by atoms with Gasteiger partial charge in [-0.25, -0.2) is 4.39 Å². The van der Waals surface area contributed by atoms with Gasteiger partial charge >= 0.3 is 0 Å². The molecule has 0 aromatic heterocycles. The van der Waals surface area contributed by atoms with Gasteiger partial charge in [0.15, 0.2) is 0 Å². The second-order valence-electron chi connectivity index (χ2n) is 4.48. The summed E-state index contributed by atoms with van der Waals surface area (Å²) < 4.78 is 18.4. The molecule has 4 heteroatoms. The van der Waals surface area contributed by atoms with Crippen LogP contribution in [0.1, 0.15) is 24.8 Å². The van der Waals surface area contributed by atoms with Crippen molar-refractivity contribution in [2.75, 3.05) is 7.11 Å². The molecule has 17 heavy (non-hydrogen) atoms. The largest absolute Gasteiger partial charge is 0.381 e. The van der Waals surface area contributed by atoms with Crippen LogP contribution in [0.25, 0.3) is 0 Å². The SMILES string of the molecule is COC1CCC(NCc2cc(F)ccc2Cl)C1. The predicted molar refractivity (Wildman–Crippen MR) is 66.7 cm³/mol. The molecule has 1 aliphatic rings. The van der Waals surface area contributed by atoms with Gasteiger partial charge in [-0.3, -0.25) is 0 Å². The van der Waals surface area contributed by atoms with Gasteiger partial charge in [-0.2, -0.15) is 0 Å². The summed E-state index contributed by atoms with van der Waals surface area (Å²) in [7, 11) is 1.75. The van der Waals surface area contributed by atoms with Crippen molar-refractivity contribution in [3.05, 3.63) is 34.6 Å². The molecule has 0 heterocycles. The third-order valence-electron chi connectivity index (χ3n) is 3.31. The van der Waals surface area contributed by atoms with Crippen LogP contribution in [0.5, 0.6) is 0 Å². The maximum absolute atomic E-state index is 13.1. The summed E-state index contributed by atoms with van der Waals surface area (Å²) >= 11 is 6.01. The van der Waals surface area contributed by atoms with E-state index in [1.165, 1.54) is 12.1 Å². The second kappa shape index (κ2) is 5.80. The van der Waals surface area contributed by atoms with Crippen LogP contribution < -0.4 is 5.32 Å². The Hall–Kier alpha value is -0.640. The summed E-state index contributed by atoms with van der Waals surface area (Å²) in [6.07, 6.45) is 3.57. The number of rotatable bonds is 4. The summed E-state index contributed by atoms with van der Waals surface area (Å²) in [6.45, 7) is 0.609. The lowest BCUT2D eigenvalue weighted by molar-refractivity contribution is 0.107. The molecule has 0 spiro atoms. The Labute approximate surface area is 106 Å². The van der Waals surface area contributed by atoms with Crippen molar-refractivity contribution in [3.63, 3.8) is 0 Å². The molecule has 0 radical (unpaired) electrons. The van der Waals surface area contributed by atoms with Gasteiger partial charge in [-0.1, -0.05) is 11.6 Å². The summed E-state index contributed by atoms with van der Waals surface area (Å²) in [6, 6.07) is 4.90. The molecule has 2 rings (SSSR count). The fraction of sp³-hybridized carbons (Fsp3) is 0.538. The Balaban J connectivity index is 1.88. The monoisotopic (exact) mass is 257 g/mol. The minimum absolute atomic E-state index is 0.243. The standard InChI is InChI=1S/C13H17ClFNO/c1-17-12-4-3-11(7-12)16-8-9-6-10(15)2-5-13(9)14/h2,5-6,11-12,16H,3-4,7-8H2,1H3. The van der Waals surface area contributed by atoms with Crippen molar-refractivity contribution >= 4 is 11.6 Å². The minimum atomic E-state index is -0.243. The molecule has 0 amide bonds. The molecule has 1 aromatic rings. The predicted octanol–water partition coefficient (Wildman–Crippen LogP) is 3.14. The fourth-order valence-electron chi connectivity index (χ4n) is 2.27. The van der Waals surface area contributed by atoms with Crippen LogP contribution in [0.15, 0.2) is 18.2 Å². The highest BCUT2D eigenvalue weighted by atomic mass is 35.5. The number of methoxy groups -OCH3 is 1. The lowest BCUT2D eigenvalue weighted by Gasteiger charge is -2.13. The lowest BCUT2D eigenvalue weighted by atomic mass is 10.2. The van der Waals surface area contributed by atoms with Crippen LogP contribution in [-0.4, -0.2) is 19.3 Å². The molecule has 2 atom stereocenters. The molecule has 0 aliphatic heterocycles. The zero-order valence-electron chi connectivity index (χ0n) is 9.88. The Bertz CT molecular complexity index is 386. The maximum Gasteiger partial charge on any atom is 0.123 e. The smallest absolute Gasteiger partial charge is 0.123 e. The quantitative estimate of drug-likeness (QED) is 0.895. The van der Waals surface area contributed by atoms with E-state index in [9.17, 15) is 4.39 Å². The highest BCUT2D eigenvalue weighted by molar-refractivity contribution is 6.31. The average molecular weight is 258 g/mol. The molecule has 2 nitrogen and oxygen atoms in total. The number of halogens is 2. The number of ether oxygens (including phenoxy) is 1. The summed E-state index contributed by atoms with van der Waals surface area (Å²) in [5.74, 6) is -0.243. The zero-order chi connectivity index (χ0) is 12.3. The van der Waals surface area contributed by atoms with E-state index in [2.05, 4.69) is 5.32 Å². The normalized spacial score (nSPS) is 24.2. The van der Waals surface area contributed by atoms with Gasteiger partial charge < -0.3 is 10.1 Å². The van der Waals surface area contributed by atoms with E-state index in [-0.39, 0.29) is 5.82 Å². The van der Waals surface area contributed by atoms with Gasteiger partial charge in [-0.05, 0) is 43.0 Å². The fourth-order valence-corrected chi connectivity index (χ4v) is 2.46. The molecular weight excluding hydrogens is 241 g/mol. The van der Waals surface area contributed by atoms with E-state index < -0.39 is 0 Å². The third-order valence-corrected chi connectivity index (χ3v) is 3.68. The lowest BCUT2D eigenvalue weighted by Crippen LogP contribution is -2.26. The first-order chi connectivity index (χ1) is 8.19. The van der Waals surface area contributed by atoms with E-state index in [0.717, 1.165) is 24.8 Å². The number of hydrogen-bond donors (Lipinski definition) is 1. The maximum atomic E-state index is 13.1. The van der Waals surface area contributed by atoms with Crippen molar-refractivity contribution in [3.8, 4) is 0 Å². The Morgan fingerprint density at radius 3 is 3.00 bits per heavy atom. The van der Waals surface area contributed by atoms with Gasteiger partial charge in [0, 0.05) is 24.7 Å². The number of benzene rings is 1. The summed E-state index contributed by atoms with van der Waals surface area (Å²) in [5.41, 5.74) is 0.813. The molecule has 1 aromatic carbocycles. The van der Waals surface area contributed by atoms with Crippen molar-refractivity contribution in [2.24, 2.45) is 0 Å². The van der Waals surface area contributed by atoms with Gasteiger partial charge in [0.05, 0.1) is 6.10 Å². The minimum Gasteiger partial charge on any atom is -0.381 e. The Kier molecular flexibility index (Phi) is 4.37. The molecule has 0 saturated heterocycles. The molecule has 0 bridgehead atoms. The van der Waals surface area contributed by atoms with Crippen molar-refractivity contribution < 1.29 is 9.13 Å². The van der Waals surface area contributed by atoms with E-state index in [1.54, 1.807) is 13.2 Å². The first kappa shape index (κ1) is 12.8. The van der Waals surface area contributed by atoms with E-state index >= 15 is 0 Å². The van der Waals surface area contributed by atoms with E-state index in [0.29, 0.717) is 23.7 Å². The van der Waals surface area contributed by atoms with Gasteiger partial charge in [0.1, 0.15) is 5.82 Å². The van der Waals surface area contributed by atoms with Crippen molar-refractivity contribution in [2.45, 2.75) is 38.0 Å². The van der Waals surface area contributed by atoms with Gasteiger partial charge in [0.2, 0.25) is 0 Å². The number of hydrogen-bond acceptors (Lipinski definition) is 2. The van der Waals surface area contributed by atoms with Crippen LogP contribution in [-0.2, 0) is 11.3 Å². The molecule has 94 valence electrons. The van der Waals surface area contributed by atoms with Crippen molar-refractivity contribution in [1.82, 2.24) is 5.32 Å². The molecule has 1 saturated carbocycles. The molecule has 1 fully saturated rings. The average Bonchev–Trinajstić information content (AvgIpc) is 2.78. The van der Waals surface area contributed by atoms with Crippen LogP contribution in [0.3, 0.4) is 0 Å². The Morgan fingerprint density at radius 1 is 1.47 bits per heavy atom. The third kappa shape index (κ3) is 3.41. The van der Waals surface area contributed by atoms with Gasteiger partial charge in [0.25, 0.3) is 0 Å². The van der Waals surface area contributed by atoms with Crippen LogP contribution >= 0.6 is 11.6 Å². The first-order valence-electron chi connectivity index (χ1n) is 5.89. The van der Waals surface area contributed by atoms with E-state index in [4.69, 9.17) is 16.3 Å². The molecule has 1 N–H and O–H groups in total. The van der Waals surface area contributed by atoms with E-state index in [1.807, 2.05) is 0 Å². The number of nitrogens with one attached hydrogen (secondary N) is 1. The highest BCUT2D eigenvalue weighted by Crippen LogP contribution is 2.23. The Morgan fingerprint density at radius 2 is 2.29 bits per heavy atom. The van der Waals surface area contributed by atoms with Crippen molar-refractivity contribution in [1.29, 1.82) is 0 Å². The van der Waals surface area contributed by atoms with Crippen LogP contribution in [0, 0.1) is 5.82 Å². The molecule has 1 aliphatic carbocycles. The summed E-state index contributed by atoms with van der Waals surface area (Å²) in [4.78, 5) is 0. The van der Waals surface area contributed by atoms with Crippen LogP contribution in [0.2, 0.25) is 5.02 Å². The highest BCUT2D eigenvalue weighted by Gasteiger charge is 2.23.